The van der Waals surface area contributed by atoms with E-state index in [1.165, 1.54) is 12.4 Å². The number of aromatic nitrogens is 2. The summed E-state index contributed by atoms with van der Waals surface area (Å²) in [7, 11) is 0. The molecule has 0 aromatic carbocycles. The molecule has 0 spiro atoms. The monoisotopic (exact) mass is 183 g/mol. The average molecular weight is 183 g/mol. The van der Waals surface area contributed by atoms with Crippen molar-refractivity contribution in [2.24, 2.45) is 5.73 Å². The average Bonchev–Trinajstić information content (AvgIpc) is 2.08. The third-order valence-electron chi connectivity index (χ3n) is 1.11. The standard InChI is InChI=1S/C7H9N3O3/c1-2-12-5-3-9-7(10-4-5)13-6(8)11/h3-4H,2H2,1H3,(H2,8,11). The Morgan fingerprint density at radius 2 is 2.15 bits per heavy atom. The molecule has 0 aliphatic rings. The van der Waals surface area contributed by atoms with Crippen LogP contribution in [0.2, 0.25) is 0 Å². The van der Waals surface area contributed by atoms with Crippen LogP contribution in [0.1, 0.15) is 6.92 Å². The summed E-state index contributed by atoms with van der Waals surface area (Å²) < 4.78 is 9.48. The molecule has 1 aromatic rings. The number of hydrogen-bond acceptors (Lipinski definition) is 5. The summed E-state index contributed by atoms with van der Waals surface area (Å²) in [5, 5.41) is 0. The van der Waals surface area contributed by atoms with Gasteiger partial charge in [-0.15, -0.1) is 0 Å². The Balaban J connectivity index is 2.64. The van der Waals surface area contributed by atoms with Crippen LogP contribution in [0.15, 0.2) is 12.4 Å². The number of nitrogens with two attached hydrogens (primary N) is 1. The van der Waals surface area contributed by atoms with Gasteiger partial charge in [-0.1, -0.05) is 0 Å². The first-order valence-corrected chi connectivity index (χ1v) is 3.64. The Kier molecular flexibility index (Phi) is 3.02. The number of hydrogen-bond donors (Lipinski definition) is 1. The van der Waals surface area contributed by atoms with E-state index in [1.54, 1.807) is 0 Å². The zero-order valence-corrected chi connectivity index (χ0v) is 7.06. The summed E-state index contributed by atoms with van der Waals surface area (Å²) in [5.41, 5.74) is 4.75. The van der Waals surface area contributed by atoms with E-state index in [4.69, 9.17) is 10.5 Å². The van der Waals surface area contributed by atoms with Crippen LogP contribution >= 0.6 is 0 Å². The SMILES string of the molecule is CCOc1cnc(OC(N)=O)nc1. The van der Waals surface area contributed by atoms with Gasteiger partial charge in [-0.05, 0) is 6.92 Å². The molecule has 0 fully saturated rings. The maximum atomic E-state index is 10.3. The van der Waals surface area contributed by atoms with Gasteiger partial charge in [0.1, 0.15) is 0 Å². The lowest BCUT2D eigenvalue weighted by Crippen LogP contribution is -2.17. The molecule has 1 heterocycles. The lowest BCUT2D eigenvalue weighted by atomic mass is 10.6. The molecule has 1 rings (SSSR count). The Bertz CT molecular complexity index is 286. The second kappa shape index (κ2) is 4.24. The van der Waals surface area contributed by atoms with Gasteiger partial charge in [-0.3, -0.25) is 0 Å². The number of rotatable bonds is 3. The van der Waals surface area contributed by atoms with Gasteiger partial charge in [0.25, 0.3) is 0 Å². The molecule has 6 heteroatoms. The van der Waals surface area contributed by atoms with Crippen molar-refractivity contribution in [2.75, 3.05) is 6.61 Å². The fourth-order valence-electron chi connectivity index (χ4n) is 0.688. The predicted octanol–water partition coefficient (Wildman–Crippen LogP) is 0.333. The van der Waals surface area contributed by atoms with Gasteiger partial charge in [0, 0.05) is 0 Å². The van der Waals surface area contributed by atoms with Crippen LogP contribution in [-0.2, 0) is 0 Å². The van der Waals surface area contributed by atoms with Gasteiger partial charge in [-0.25, -0.2) is 4.79 Å². The van der Waals surface area contributed by atoms with Crippen molar-refractivity contribution < 1.29 is 14.3 Å². The fourth-order valence-corrected chi connectivity index (χ4v) is 0.688. The molecule has 6 nitrogen and oxygen atoms in total. The van der Waals surface area contributed by atoms with Crippen molar-refractivity contribution in [1.29, 1.82) is 0 Å². The highest BCUT2D eigenvalue weighted by atomic mass is 16.6. The van der Waals surface area contributed by atoms with E-state index in [0.717, 1.165) is 0 Å². The molecule has 0 unspecified atom stereocenters. The molecule has 70 valence electrons. The zero-order chi connectivity index (χ0) is 9.68. The minimum atomic E-state index is -0.941. The van der Waals surface area contributed by atoms with Crippen molar-refractivity contribution in [3.63, 3.8) is 0 Å². The smallest absolute Gasteiger partial charge is 0.412 e. The maximum absolute atomic E-state index is 10.3. The highest BCUT2D eigenvalue weighted by Gasteiger charge is 2.01. The van der Waals surface area contributed by atoms with Crippen molar-refractivity contribution in [2.45, 2.75) is 6.92 Å². The van der Waals surface area contributed by atoms with E-state index in [-0.39, 0.29) is 6.01 Å². The second-order valence-corrected chi connectivity index (χ2v) is 2.06. The quantitative estimate of drug-likeness (QED) is 0.729. The Hall–Kier alpha value is -1.85. The number of carbonyl (C=O) groups excluding carboxylic acids is 1. The van der Waals surface area contributed by atoms with Crippen molar-refractivity contribution in [3.05, 3.63) is 12.4 Å². The summed E-state index contributed by atoms with van der Waals surface area (Å²) in [4.78, 5) is 17.6. The third-order valence-corrected chi connectivity index (χ3v) is 1.11. The molecule has 0 bridgehead atoms. The minimum Gasteiger partial charge on any atom is -0.491 e. The van der Waals surface area contributed by atoms with Gasteiger partial charge in [-0.2, -0.15) is 9.97 Å². The Labute approximate surface area is 74.7 Å². The van der Waals surface area contributed by atoms with Crippen molar-refractivity contribution >= 4 is 6.09 Å². The molecule has 13 heavy (non-hydrogen) atoms. The second-order valence-electron chi connectivity index (χ2n) is 2.06. The summed E-state index contributed by atoms with van der Waals surface area (Å²) in [6.07, 6.45) is 1.85. The molecule has 0 radical (unpaired) electrons. The van der Waals surface area contributed by atoms with Crippen LogP contribution in [0.5, 0.6) is 11.8 Å². The van der Waals surface area contributed by atoms with E-state index in [1.807, 2.05) is 6.92 Å². The number of primary amides is 1. The molecule has 0 saturated carbocycles. The first kappa shape index (κ1) is 9.24. The van der Waals surface area contributed by atoms with Crippen molar-refractivity contribution in [1.82, 2.24) is 9.97 Å². The third kappa shape index (κ3) is 2.94. The van der Waals surface area contributed by atoms with Crippen LogP contribution in [0, 0.1) is 0 Å². The van der Waals surface area contributed by atoms with Gasteiger partial charge in [0.15, 0.2) is 5.75 Å². The van der Waals surface area contributed by atoms with E-state index < -0.39 is 6.09 Å². The molecule has 0 saturated heterocycles. The molecule has 1 aromatic heterocycles. The lowest BCUT2D eigenvalue weighted by Gasteiger charge is -2.01. The first-order valence-electron chi connectivity index (χ1n) is 3.64. The molecule has 0 atom stereocenters. The normalized spacial score (nSPS) is 9.31. The minimum absolute atomic E-state index is 0.0871. The molecule has 2 N–H and O–H groups in total. The van der Waals surface area contributed by atoms with Crippen LogP contribution in [0.25, 0.3) is 0 Å². The van der Waals surface area contributed by atoms with E-state index in [0.29, 0.717) is 12.4 Å². The lowest BCUT2D eigenvalue weighted by molar-refractivity contribution is 0.206. The predicted molar refractivity (Wildman–Crippen MR) is 43.4 cm³/mol. The van der Waals surface area contributed by atoms with E-state index in [9.17, 15) is 4.79 Å². The molecule has 0 aliphatic carbocycles. The van der Waals surface area contributed by atoms with Crippen LogP contribution in [0.3, 0.4) is 0 Å². The topological polar surface area (TPSA) is 87.3 Å². The summed E-state index contributed by atoms with van der Waals surface area (Å²) in [5.74, 6) is 0.513. The zero-order valence-electron chi connectivity index (χ0n) is 7.06. The molecule has 1 amide bonds. The highest BCUT2D eigenvalue weighted by Crippen LogP contribution is 2.09. The summed E-state index contributed by atoms with van der Waals surface area (Å²) >= 11 is 0. The van der Waals surface area contributed by atoms with E-state index in [2.05, 4.69) is 14.7 Å². The highest BCUT2D eigenvalue weighted by molar-refractivity contribution is 5.66. The largest absolute Gasteiger partial charge is 0.491 e. The number of ether oxygens (including phenoxy) is 2. The molecular formula is C7H9N3O3. The fraction of sp³-hybridized carbons (Fsp3) is 0.286. The molecule has 0 aliphatic heterocycles. The van der Waals surface area contributed by atoms with Crippen LogP contribution in [0.4, 0.5) is 4.79 Å². The van der Waals surface area contributed by atoms with Gasteiger partial charge < -0.3 is 15.2 Å². The van der Waals surface area contributed by atoms with E-state index >= 15 is 0 Å². The number of amides is 1. The maximum Gasteiger partial charge on any atom is 0.412 e. The van der Waals surface area contributed by atoms with Crippen LogP contribution < -0.4 is 15.2 Å². The van der Waals surface area contributed by atoms with Gasteiger partial charge in [0.2, 0.25) is 0 Å². The number of carbonyl (C=O) groups is 1. The Morgan fingerprint density at radius 3 is 2.62 bits per heavy atom. The van der Waals surface area contributed by atoms with Crippen molar-refractivity contribution in [3.8, 4) is 11.8 Å². The number of nitrogens with zero attached hydrogens (tertiary/aromatic N) is 2. The summed E-state index contributed by atoms with van der Waals surface area (Å²) in [6.45, 7) is 2.37. The molecular weight excluding hydrogens is 174 g/mol. The Morgan fingerprint density at radius 1 is 1.54 bits per heavy atom. The summed E-state index contributed by atoms with van der Waals surface area (Å²) in [6, 6.07) is -0.0871. The van der Waals surface area contributed by atoms with Gasteiger partial charge in [0.05, 0.1) is 19.0 Å². The van der Waals surface area contributed by atoms with Gasteiger partial charge >= 0.3 is 12.1 Å². The first-order chi connectivity index (χ1) is 6.22. The van der Waals surface area contributed by atoms with Crippen LogP contribution in [-0.4, -0.2) is 22.7 Å².